The number of nitrogen functional groups attached to an aromatic ring is 1. The van der Waals surface area contributed by atoms with E-state index in [0.29, 0.717) is 38.5 Å². The van der Waals surface area contributed by atoms with Gasteiger partial charge in [0.05, 0.1) is 21.7 Å². The Hall–Kier alpha value is -4.01. The third-order valence-corrected chi connectivity index (χ3v) is 4.93. The van der Waals surface area contributed by atoms with Gasteiger partial charge in [-0.3, -0.25) is 10.2 Å². The van der Waals surface area contributed by atoms with Gasteiger partial charge in [-0.15, -0.1) is 11.3 Å². The highest BCUT2D eigenvalue weighted by Crippen LogP contribution is 2.25. The minimum absolute atomic E-state index is 0.174. The zero-order chi connectivity index (χ0) is 20.3. The number of benzene rings is 1. The van der Waals surface area contributed by atoms with Crippen molar-refractivity contribution in [3.8, 4) is 12.1 Å². The van der Waals surface area contributed by atoms with E-state index >= 15 is 0 Å². The maximum absolute atomic E-state index is 12.5. The lowest BCUT2D eigenvalue weighted by Gasteiger charge is -2.11. The molecule has 7 nitrogen and oxygen atoms in total. The number of pyridine rings is 1. The van der Waals surface area contributed by atoms with Crippen LogP contribution in [0.5, 0.6) is 0 Å². The molecular weight excluding hydrogens is 372 g/mol. The summed E-state index contributed by atoms with van der Waals surface area (Å²) in [5.74, 6) is -0.424. The molecule has 2 aromatic heterocycles. The molecule has 0 fully saturated rings. The van der Waals surface area contributed by atoms with Crippen molar-refractivity contribution < 1.29 is 4.79 Å². The normalized spacial score (nSPS) is 9.96. The molecule has 28 heavy (non-hydrogen) atoms. The first-order valence-electron chi connectivity index (χ1n) is 8.08. The number of amides is 1. The molecule has 0 aliphatic heterocycles. The maximum atomic E-state index is 12.5. The molecule has 8 heteroatoms. The van der Waals surface area contributed by atoms with Gasteiger partial charge in [-0.1, -0.05) is 0 Å². The minimum Gasteiger partial charge on any atom is -0.398 e. The number of carbonyl (C=O) groups excluding carboxylic acids is 1. The molecule has 0 radical (unpaired) electrons. The van der Waals surface area contributed by atoms with Gasteiger partial charge in [0.1, 0.15) is 17.8 Å². The fourth-order valence-electron chi connectivity index (χ4n) is 2.57. The molecule has 0 bridgehead atoms. The lowest BCUT2D eigenvalue weighted by molar-refractivity contribution is 0.102. The van der Waals surface area contributed by atoms with Gasteiger partial charge in [-0.05, 0) is 42.8 Å². The van der Waals surface area contributed by atoms with E-state index in [4.69, 9.17) is 21.7 Å². The SMILES string of the molecule is Cc1cc(C#N)cnc1C(=O)Nc1ccc(N)c(C(=N)c2cc(C#N)cs2)c1. The number of nitrogens with two attached hydrogens (primary N) is 1. The summed E-state index contributed by atoms with van der Waals surface area (Å²) in [5, 5.41) is 30.7. The van der Waals surface area contributed by atoms with Crippen LogP contribution in [-0.2, 0) is 0 Å². The smallest absolute Gasteiger partial charge is 0.274 e. The Morgan fingerprint density at radius 2 is 1.96 bits per heavy atom. The molecule has 1 aromatic carbocycles. The number of rotatable bonds is 4. The van der Waals surface area contributed by atoms with Gasteiger partial charge in [0.2, 0.25) is 0 Å². The van der Waals surface area contributed by atoms with Crippen molar-refractivity contribution in [3.63, 3.8) is 0 Å². The first-order chi connectivity index (χ1) is 13.4. The van der Waals surface area contributed by atoms with E-state index in [1.807, 2.05) is 12.1 Å². The largest absolute Gasteiger partial charge is 0.398 e. The molecule has 1 amide bonds. The molecular formula is C20H14N6OS. The van der Waals surface area contributed by atoms with Gasteiger partial charge >= 0.3 is 0 Å². The van der Waals surface area contributed by atoms with Crippen LogP contribution in [0.4, 0.5) is 11.4 Å². The standard InChI is InChI=1S/C20H14N6OS/c1-11-4-12(7-21)9-25-19(11)20(27)26-14-2-3-16(23)15(6-14)18(24)17-5-13(8-22)10-28-17/h2-6,9-10,24H,23H2,1H3,(H,26,27). The second-order valence-corrected chi connectivity index (χ2v) is 6.86. The van der Waals surface area contributed by atoms with Crippen molar-refractivity contribution >= 4 is 34.3 Å². The number of aromatic nitrogens is 1. The quantitative estimate of drug-likeness (QED) is 0.465. The molecule has 0 atom stereocenters. The highest BCUT2D eigenvalue weighted by molar-refractivity contribution is 7.12. The number of carbonyl (C=O) groups is 1. The summed E-state index contributed by atoms with van der Waals surface area (Å²) in [4.78, 5) is 17.2. The van der Waals surface area contributed by atoms with E-state index in [9.17, 15) is 4.79 Å². The summed E-state index contributed by atoms with van der Waals surface area (Å²) < 4.78 is 0. The van der Waals surface area contributed by atoms with Gasteiger partial charge in [0, 0.05) is 28.5 Å². The molecule has 3 aromatic rings. The van der Waals surface area contributed by atoms with Crippen LogP contribution < -0.4 is 11.1 Å². The number of thiophene rings is 1. The predicted molar refractivity (Wildman–Crippen MR) is 107 cm³/mol. The topological polar surface area (TPSA) is 139 Å². The van der Waals surface area contributed by atoms with E-state index in [1.54, 1.807) is 42.6 Å². The van der Waals surface area contributed by atoms with Crippen LogP contribution in [0.25, 0.3) is 0 Å². The van der Waals surface area contributed by atoms with E-state index in [-0.39, 0.29) is 11.4 Å². The van der Waals surface area contributed by atoms with Crippen molar-refractivity contribution in [2.75, 3.05) is 11.1 Å². The molecule has 4 N–H and O–H groups in total. The molecule has 0 saturated carbocycles. The van der Waals surface area contributed by atoms with Crippen LogP contribution in [-0.4, -0.2) is 16.6 Å². The van der Waals surface area contributed by atoms with Crippen LogP contribution >= 0.6 is 11.3 Å². The number of anilines is 2. The first kappa shape index (κ1) is 18.8. The Bertz CT molecular complexity index is 1180. The lowest BCUT2D eigenvalue weighted by atomic mass is 10.0. The monoisotopic (exact) mass is 386 g/mol. The molecule has 136 valence electrons. The first-order valence-corrected chi connectivity index (χ1v) is 8.96. The Balaban J connectivity index is 1.87. The third kappa shape index (κ3) is 3.73. The molecule has 0 unspecified atom stereocenters. The fourth-order valence-corrected chi connectivity index (χ4v) is 3.37. The van der Waals surface area contributed by atoms with E-state index in [2.05, 4.69) is 10.3 Å². The predicted octanol–water partition coefficient (Wildman–Crippen LogP) is 3.45. The summed E-state index contributed by atoms with van der Waals surface area (Å²) in [6, 6.07) is 12.1. The highest BCUT2D eigenvalue weighted by atomic mass is 32.1. The van der Waals surface area contributed by atoms with Crippen LogP contribution in [0.3, 0.4) is 0 Å². The van der Waals surface area contributed by atoms with Gasteiger partial charge in [0.15, 0.2) is 0 Å². The van der Waals surface area contributed by atoms with E-state index in [1.165, 1.54) is 17.5 Å². The third-order valence-electron chi connectivity index (χ3n) is 3.98. The lowest BCUT2D eigenvalue weighted by Crippen LogP contribution is -2.16. The van der Waals surface area contributed by atoms with Gasteiger partial charge in [-0.2, -0.15) is 10.5 Å². The molecule has 3 rings (SSSR count). The van der Waals surface area contributed by atoms with Crippen molar-refractivity contribution in [2.45, 2.75) is 6.92 Å². The number of hydrogen-bond acceptors (Lipinski definition) is 7. The second-order valence-electron chi connectivity index (χ2n) is 5.94. The van der Waals surface area contributed by atoms with Crippen molar-refractivity contribution in [1.29, 1.82) is 15.9 Å². The van der Waals surface area contributed by atoms with Crippen LogP contribution in [0.15, 0.2) is 41.9 Å². The summed E-state index contributed by atoms with van der Waals surface area (Å²) in [7, 11) is 0. The summed E-state index contributed by atoms with van der Waals surface area (Å²) >= 11 is 1.28. The summed E-state index contributed by atoms with van der Waals surface area (Å²) in [6.45, 7) is 1.70. The Morgan fingerprint density at radius 3 is 2.61 bits per heavy atom. The van der Waals surface area contributed by atoms with Crippen molar-refractivity contribution in [2.24, 2.45) is 0 Å². The summed E-state index contributed by atoms with van der Waals surface area (Å²) in [6.07, 6.45) is 1.34. The van der Waals surface area contributed by atoms with Crippen LogP contribution in [0.2, 0.25) is 0 Å². The molecule has 2 heterocycles. The number of nitrogens with zero attached hydrogens (tertiary/aromatic N) is 3. The number of hydrogen-bond donors (Lipinski definition) is 3. The van der Waals surface area contributed by atoms with E-state index in [0.717, 1.165) is 0 Å². The van der Waals surface area contributed by atoms with Gasteiger partial charge in [0.25, 0.3) is 5.91 Å². The Morgan fingerprint density at radius 1 is 1.21 bits per heavy atom. The maximum Gasteiger partial charge on any atom is 0.274 e. The zero-order valence-corrected chi connectivity index (χ0v) is 15.6. The second kappa shape index (κ2) is 7.70. The molecule has 0 spiro atoms. The van der Waals surface area contributed by atoms with E-state index < -0.39 is 5.91 Å². The average molecular weight is 386 g/mol. The Kier molecular flexibility index (Phi) is 5.16. The fraction of sp³-hybridized carbons (Fsp3) is 0.0500. The van der Waals surface area contributed by atoms with Gasteiger partial charge in [-0.25, -0.2) is 4.98 Å². The number of nitrogens with one attached hydrogen (secondary N) is 2. The average Bonchev–Trinajstić information content (AvgIpc) is 3.18. The van der Waals surface area contributed by atoms with Crippen LogP contribution in [0.1, 0.15) is 37.6 Å². The highest BCUT2D eigenvalue weighted by Gasteiger charge is 2.15. The number of aryl methyl sites for hydroxylation is 1. The Labute approximate surface area is 165 Å². The summed E-state index contributed by atoms with van der Waals surface area (Å²) in [5.41, 5.74) is 9.14. The van der Waals surface area contributed by atoms with Crippen molar-refractivity contribution in [3.05, 3.63) is 74.7 Å². The zero-order valence-electron chi connectivity index (χ0n) is 14.8. The minimum atomic E-state index is -0.424. The van der Waals surface area contributed by atoms with Gasteiger partial charge < -0.3 is 11.1 Å². The molecule has 0 aliphatic carbocycles. The van der Waals surface area contributed by atoms with Crippen molar-refractivity contribution in [1.82, 2.24) is 4.98 Å². The number of nitriles is 2. The molecule has 0 aliphatic rings. The van der Waals surface area contributed by atoms with Crippen LogP contribution in [0, 0.1) is 35.0 Å². The molecule has 0 saturated heterocycles.